The Labute approximate surface area is 326 Å². The lowest BCUT2D eigenvalue weighted by Gasteiger charge is -2.16. The predicted molar refractivity (Wildman–Crippen MR) is 228 cm³/mol. The average molecular weight is 735 g/mol. The van der Waals surface area contributed by atoms with Crippen LogP contribution in [-0.4, -0.2) is 37.0 Å². The third-order valence-corrected chi connectivity index (χ3v) is 10.8. The van der Waals surface area contributed by atoms with Gasteiger partial charge in [-0.25, -0.2) is 0 Å². The van der Waals surface area contributed by atoms with Crippen LogP contribution in [-0.2, 0) is 14.3 Å². The molecule has 0 spiro atoms. The Hall–Kier alpha value is -0.870. The number of unbranched alkanes of at least 4 members (excludes halogenated alkanes) is 35. The lowest BCUT2D eigenvalue weighted by atomic mass is 10.0. The first-order valence-electron chi connectivity index (χ1n) is 23.8. The van der Waals surface area contributed by atoms with Crippen molar-refractivity contribution in [3.8, 4) is 0 Å². The van der Waals surface area contributed by atoms with Gasteiger partial charge in [0, 0.05) is 13.0 Å². The van der Waals surface area contributed by atoms with Gasteiger partial charge in [0.05, 0.1) is 13.2 Å². The lowest BCUT2D eigenvalue weighted by Crippen LogP contribution is -2.27. The molecule has 0 aliphatic rings. The van der Waals surface area contributed by atoms with Crippen molar-refractivity contribution in [1.29, 1.82) is 0 Å². The van der Waals surface area contributed by atoms with Crippen LogP contribution in [0.5, 0.6) is 0 Å². The second-order valence-corrected chi connectivity index (χ2v) is 16.2. The van der Waals surface area contributed by atoms with Gasteiger partial charge in [0.15, 0.2) is 0 Å². The summed E-state index contributed by atoms with van der Waals surface area (Å²) in [6, 6.07) is 0. The zero-order valence-electron chi connectivity index (χ0n) is 35.6. The van der Waals surface area contributed by atoms with E-state index in [1.807, 2.05) is 0 Å². The van der Waals surface area contributed by atoms with E-state index in [1.165, 1.54) is 225 Å². The van der Waals surface area contributed by atoms with Gasteiger partial charge in [-0.15, -0.1) is 0 Å². The van der Waals surface area contributed by atoms with Crippen molar-refractivity contribution in [1.82, 2.24) is 0 Å². The zero-order valence-corrected chi connectivity index (χ0v) is 35.6. The van der Waals surface area contributed by atoms with E-state index in [4.69, 9.17) is 9.47 Å². The number of aliphatic hydroxyl groups excluding tert-OH is 1. The van der Waals surface area contributed by atoms with Gasteiger partial charge in [0.1, 0.15) is 6.10 Å². The van der Waals surface area contributed by atoms with E-state index in [2.05, 4.69) is 26.0 Å². The van der Waals surface area contributed by atoms with E-state index in [0.717, 1.165) is 19.3 Å². The van der Waals surface area contributed by atoms with Gasteiger partial charge in [0.25, 0.3) is 0 Å². The van der Waals surface area contributed by atoms with Crippen molar-refractivity contribution < 1.29 is 19.4 Å². The molecule has 4 nitrogen and oxygen atoms in total. The molecule has 0 bridgehead atoms. The summed E-state index contributed by atoms with van der Waals surface area (Å²) >= 11 is 0. The van der Waals surface area contributed by atoms with Crippen LogP contribution in [0, 0.1) is 0 Å². The van der Waals surface area contributed by atoms with Crippen LogP contribution in [0.3, 0.4) is 0 Å². The minimum Gasteiger partial charge on any atom is -0.457 e. The zero-order chi connectivity index (χ0) is 37.7. The maximum absolute atomic E-state index is 12.2. The fourth-order valence-corrected chi connectivity index (χ4v) is 7.27. The first kappa shape index (κ1) is 51.1. The third-order valence-electron chi connectivity index (χ3n) is 10.8. The Bertz CT molecular complexity index is 692. The molecule has 0 saturated heterocycles. The number of allylic oxidation sites excluding steroid dienone is 2. The van der Waals surface area contributed by atoms with Gasteiger partial charge in [0.2, 0.25) is 0 Å². The Morgan fingerprint density at radius 1 is 0.442 bits per heavy atom. The topological polar surface area (TPSA) is 55.8 Å². The molecule has 1 unspecified atom stereocenters. The molecule has 52 heavy (non-hydrogen) atoms. The first-order chi connectivity index (χ1) is 25.7. The highest BCUT2D eigenvalue weighted by molar-refractivity contribution is 5.69. The molecule has 0 amide bonds. The van der Waals surface area contributed by atoms with Crippen molar-refractivity contribution in [2.75, 3.05) is 19.8 Å². The summed E-state index contributed by atoms with van der Waals surface area (Å²) in [5.74, 6) is -0.194. The predicted octanol–water partition coefficient (Wildman–Crippen LogP) is 15.7. The standard InChI is InChI=1S/C48H94O4/c1-3-5-7-9-11-13-15-17-19-20-21-22-23-24-25-26-27-28-29-31-33-35-37-39-41-43-48(50)52-47(45-49)46-51-44-42-40-38-36-34-32-30-18-16-14-12-10-8-6-4-2/h20-21,47,49H,3-19,22-46H2,1-2H3/b21-20-. The molecule has 0 aromatic rings. The molecule has 0 fully saturated rings. The first-order valence-corrected chi connectivity index (χ1v) is 23.8. The van der Waals surface area contributed by atoms with E-state index in [1.54, 1.807) is 0 Å². The van der Waals surface area contributed by atoms with Crippen LogP contribution in [0.25, 0.3) is 0 Å². The van der Waals surface area contributed by atoms with Crippen LogP contribution in [0.15, 0.2) is 12.2 Å². The fourth-order valence-electron chi connectivity index (χ4n) is 7.27. The normalized spacial score (nSPS) is 12.3. The molecule has 0 heterocycles. The quantitative estimate of drug-likeness (QED) is 0.0384. The minimum atomic E-state index is -0.528. The Balaban J connectivity index is 3.35. The monoisotopic (exact) mass is 735 g/mol. The highest BCUT2D eigenvalue weighted by Crippen LogP contribution is 2.16. The Kier molecular flexibility index (Phi) is 45.5. The van der Waals surface area contributed by atoms with E-state index in [0.29, 0.717) is 19.6 Å². The van der Waals surface area contributed by atoms with Gasteiger partial charge in [-0.2, -0.15) is 0 Å². The summed E-state index contributed by atoms with van der Waals surface area (Å²) in [4.78, 5) is 12.2. The van der Waals surface area contributed by atoms with Gasteiger partial charge in [-0.1, -0.05) is 231 Å². The molecule has 1 N–H and O–H groups in total. The average Bonchev–Trinajstić information content (AvgIpc) is 3.15. The number of esters is 1. The van der Waals surface area contributed by atoms with E-state index >= 15 is 0 Å². The van der Waals surface area contributed by atoms with Gasteiger partial charge >= 0.3 is 5.97 Å². The maximum Gasteiger partial charge on any atom is 0.306 e. The van der Waals surface area contributed by atoms with Crippen molar-refractivity contribution in [2.45, 2.75) is 270 Å². The minimum absolute atomic E-state index is 0.165. The fraction of sp³-hybridized carbons (Fsp3) is 0.938. The molecular weight excluding hydrogens is 641 g/mol. The lowest BCUT2D eigenvalue weighted by molar-refractivity contribution is -0.154. The van der Waals surface area contributed by atoms with Crippen molar-refractivity contribution in [2.24, 2.45) is 0 Å². The van der Waals surface area contributed by atoms with E-state index in [9.17, 15) is 9.90 Å². The van der Waals surface area contributed by atoms with Crippen LogP contribution < -0.4 is 0 Å². The summed E-state index contributed by atoms with van der Waals surface area (Å²) in [5, 5.41) is 9.62. The molecule has 310 valence electrons. The second kappa shape index (κ2) is 46.3. The number of hydrogen-bond donors (Lipinski definition) is 1. The Morgan fingerprint density at radius 2 is 0.750 bits per heavy atom. The molecule has 0 aromatic heterocycles. The molecule has 0 rings (SSSR count). The number of carbonyl (C=O) groups excluding carboxylic acids is 1. The molecule has 0 aliphatic carbocycles. The van der Waals surface area contributed by atoms with Gasteiger partial charge < -0.3 is 14.6 Å². The summed E-state index contributed by atoms with van der Waals surface area (Å²) < 4.78 is 11.2. The highest BCUT2D eigenvalue weighted by atomic mass is 16.6. The number of rotatable bonds is 45. The van der Waals surface area contributed by atoms with Crippen LogP contribution in [0.1, 0.15) is 264 Å². The largest absolute Gasteiger partial charge is 0.457 e. The molecular formula is C48H94O4. The smallest absolute Gasteiger partial charge is 0.306 e. The van der Waals surface area contributed by atoms with E-state index < -0.39 is 6.10 Å². The van der Waals surface area contributed by atoms with Crippen LogP contribution >= 0.6 is 0 Å². The van der Waals surface area contributed by atoms with Crippen molar-refractivity contribution >= 4 is 5.97 Å². The molecule has 0 aliphatic heterocycles. The van der Waals surface area contributed by atoms with Crippen molar-refractivity contribution in [3.05, 3.63) is 12.2 Å². The van der Waals surface area contributed by atoms with Gasteiger partial charge in [-0.05, 0) is 38.5 Å². The molecule has 0 aromatic carbocycles. The molecule has 4 heteroatoms. The van der Waals surface area contributed by atoms with E-state index in [-0.39, 0.29) is 12.6 Å². The molecule has 1 atom stereocenters. The van der Waals surface area contributed by atoms with Crippen LogP contribution in [0.4, 0.5) is 0 Å². The Morgan fingerprint density at radius 3 is 1.10 bits per heavy atom. The van der Waals surface area contributed by atoms with Crippen LogP contribution in [0.2, 0.25) is 0 Å². The van der Waals surface area contributed by atoms with Crippen molar-refractivity contribution in [3.63, 3.8) is 0 Å². The second-order valence-electron chi connectivity index (χ2n) is 16.2. The summed E-state index contributed by atoms with van der Waals surface area (Å²) in [5.41, 5.74) is 0. The third kappa shape index (κ3) is 43.5. The number of hydrogen-bond acceptors (Lipinski definition) is 4. The SMILES string of the molecule is CCCCCCCCCC/C=C\CCCCCCCCCCCCCCCC(=O)OC(CO)COCCCCCCCCCCCCCCCCC. The summed E-state index contributed by atoms with van der Waals surface area (Å²) in [6.07, 6.45) is 55.8. The maximum atomic E-state index is 12.2. The number of aliphatic hydroxyl groups is 1. The summed E-state index contributed by atoms with van der Waals surface area (Å²) in [6.45, 7) is 5.40. The number of carbonyl (C=O) groups is 1. The molecule has 0 saturated carbocycles. The summed E-state index contributed by atoms with van der Waals surface area (Å²) in [7, 11) is 0. The highest BCUT2D eigenvalue weighted by Gasteiger charge is 2.13. The van der Waals surface area contributed by atoms with Gasteiger partial charge in [-0.3, -0.25) is 4.79 Å². The molecule has 0 radical (unpaired) electrons. The number of ether oxygens (including phenoxy) is 2.